The zero-order valence-electron chi connectivity index (χ0n) is 30.8. The van der Waals surface area contributed by atoms with E-state index in [1.54, 1.807) is 21.7 Å². The maximum absolute atomic E-state index is 16.3. The molecule has 1 saturated carbocycles. The second-order valence-electron chi connectivity index (χ2n) is 15.0. The van der Waals surface area contributed by atoms with Crippen LogP contribution in [0.3, 0.4) is 0 Å². The van der Waals surface area contributed by atoms with Gasteiger partial charge in [0.1, 0.15) is 28.6 Å². The Bertz CT molecular complexity index is 2450. The Morgan fingerprint density at radius 2 is 1.95 bits per heavy atom. The number of likely N-dealkylation sites (tertiary alicyclic amines) is 1. The number of anilines is 2. The van der Waals surface area contributed by atoms with Gasteiger partial charge in [-0.15, -0.1) is 11.8 Å². The molecule has 4 aromatic rings. The molecule has 1 amide bonds. The molecule has 5 aliphatic rings. The highest BCUT2D eigenvalue weighted by Gasteiger charge is 2.44. The number of carbonyl (C=O) groups is 2. The Balaban J connectivity index is 1.01. The zero-order valence-corrected chi connectivity index (χ0v) is 31.6. The van der Waals surface area contributed by atoms with Gasteiger partial charge in [0.25, 0.3) is 5.91 Å². The lowest BCUT2D eigenvalue weighted by Gasteiger charge is -2.39. The van der Waals surface area contributed by atoms with Crippen LogP contribution in [-0.4, -0.2) is 104 Å². The van der Waals surface area contributed by atoms with E-state index in [2.05, 4.69) is 14.9 Å². The van der Waals surface area contributed by atoms with Crippen molar-refractivity contribution in [2.75, 3.05) is 55.6 Å². The Morgan fingerprint density at radius 3 is 2.66 bits per heavy atom. The van der Waals surface area contributed by atoms with E-state index in [-0.39, 0.29) is 65.5 Å². The number of carboxylic acid groups (broad SMARTS) is 1. The van der Waals surface area contributed by atoms with Gasteiger partial charge in [0.15, 0.2) is 17.4 Å². The summed E-state index contributed by atoms with van der Waals surface area (Å²) < 4.78 is 31.0. The number of ether oxygens (including phenoxy) is 2. The van der Waals surface area contributed by atoms with Crippen molar-refractivity contribution in [1.29, 1.82) is 0 Å². The van der Waals surface area contributed by atoms with Crippen LogP contribution in [0.4, 0.5) is 21.6 Å². The lowest BCUT2D eigenvalue weighted by Crippen LogP contribution is -2.51. The first kappa shape index (κ1) is 36.5. The zero-order chi connectivity index (χ0) is 39.0. The standard InChI is InChI=1S/C39H40FN7O8S/c1-20-5-8-27-23(12-20)32(41-29-9-11-45(39(53)42-29)30-18-56-31(17-48)55-30)37(50)47(27)19-43-10-3-4-21-14-44(16-28(21)43)34-26(40)13-24-33(36(34)54-2)46(22-6-7-22)15-25(35(24)49)38(51)52/h5,8-9,11-13,15,21-22,28,30-31,48H,3-4,6-7,10,14,16-19H2,1-2H3,(H,51,52)/t21-,28+,30-,31+/m0/s1. The van der Waals surface area contributed by atoms with E-state index in [9.17, 15) is 29.4 Å². The molecular formula is C39H40FN7O8S. The first-order valence-corrected chi connectivity index (χ1v) is 19.8. The van der Waals surface area contributed by atoms with E-state index in [1.807, 2.05) is 30.0 Å². The highest BCUT2D eigenvalue weighted by atomic mass is 32.2. The second-order valence-corrected chi connectivity index (χ2v) is 16.2. The monoisotopic (exact) mass is 785 g/mol. The number of aliphatic hydroxyl groups is 1. The van der Waals surface area contributed by atoms with Crippen molar-refractivity contribution in [3.8, 4) is 5.75 Å². The molecule has 0 unspecified atom stereocenters. The van der Waals surface area contributed by atoms with Crippen LogP contribution in [0.25, 0.3) is 10.9 Å². The third-order valence-electron chi connectivity index (χ3n) is 11.5. The van der Waals surface area contributed by atoms with Gasteiger partial charge in [-0.05, 0) is 62.8 Å². The molecule has 15 nitrogen and oxygen atoms in total. The molecule has 0 bridgehead atoms. The van der Waals surface area contributed by atoms with Crippen LogP contribution in [0, 0.1) is 18.7 Å². The van der Waals surface area contributed by atoms with Crippen LogP contribution in [0.5, 0.6) is 5.75 Å². The number of rotatable bonds is 9. The lowest BCUT2D eigenvalue weighted by atomic mass is 9.92. The molecule has 17 heteroatoms. The SMILES string of the molecule is COc1c(N2C[C@@H]3CCCN(CN4C(=O)C(=Nc5ccn([C@@H]6CS[C@H](CO)O6)c(=O)n5)c5cc(C)ccc54)[C@@H]3C2)c(F)cc2c(=O)c(C(=O)O)cn(C3CC3)c12. The first-order valence-electron chi connectivity index (χ1n) is 18.7. The number of aromatic nitrogens is 3. The number of aliphatic hydroxyl groups excluding tert-OH is 1. The van der Waals surface area contributed by atoms with E-state index >= 15 is 4.39 Å². The molecule has 0 spiro atoms. The number of benzene rings is 2. The van der Waals surface area contributed by atoms with Crippen LogP contribution in [-0.2, 0) is 9.53 Å². The Kier molecular flexibility index (Phi) is 9.22. The lowest BCUT2D eigenvalue weighted by molar-refractivity contribution is -0.112. The summed E-state index contributed by atoms with van der Waals surface area (Å²) in [6.45, 7) is 3.71. The number of carboxylic acids is 1. The maximum atomic E-state index is 16.3. The van der Waals surface area contributed by atoms with Crippen LogP contribution in [0.1, 0.15) is 59.4 Å². The highest BCUT2D eigenvalue weighted by Crippen LogP contribution is 2.46. The summed E-state index contributed by atoms with van der Waals surface area (Å²) in [5, 5.41) is 19.1. The van der Waals surface area contributed by atoms with Gasteiger partial charge in [-0.2, -0.15) is 4.98 Å². The molecule has 3 saturated heterocycles. The predicted molar refractivity (Wildman–Crippen MR) is 207 cm³/mol. The minimum absolute atomic E-state index is 0.0132. The molecule has 6 heterocycles. The van der Waals surface area contributed by atoms with Gasteiger partial charge in [-0.25, -0.2) is 19.0 Å². The summed E-state index contributed by atoms with van der Waals surface area (Å²) >= 11 is 1.41. The van der Waals surface area contributed by atoms with Gasteiger partial charge < -0.3 is 29.2 Å². The number of aliphatic imine (C=N–C) groups is 1. The minimum atomic E-state index is -1.36. The van der Waals surface area contributed by atoms with E-state index in [0.717, 1.165) is 37.3 Å². The third kappa shape index (κ3) is 6.17. The molecule has 1 aliphatic carbocycles. The number of amides is 1. The summed E-state index contributed by atoms with van der Waals surface area (Å²) in [7, 11) is 1.44. The highest BCUT2D eigenvalue weighted by molar-refractivity contribution is 8.00. The number of hydrogen-bond donors (Lipinski definition) is 2. The van der Waals surface area contributed by atoms with Crippen molar-refractivity contribution in [2.45, 2.75) is 56.4 Å². The molecule has 4 atom stereocenters. The summed E-state index contributed by atoms with van der Waals surface area (Å²) in [5.41, 5.74) is 0.925. The van der Waals surface area contributed by atoms with Crippen LogP contribution < -0.4 is 25.7 Å². The normalized spacial score (nSPS) is 24.4. The number of nitrogens with zero attached hydrogens (tertiary/aromatic N) is 7. The number of carbonyl (C=O) groups excluding carboxylic acids is 1. The van der Waals surface area contributed by atoms with Gasteiger partial charge >= 0.3 is 11.7 Å². The van der Waals surface area contributed by atoms with Crippen molar-refractivity contribution in [3.05, 3.63) is 85.9 Å². The van der Waals surface area contributed by atoms with E-state index in [4.69, 9.17) is 9.47 Å². The average molecular weight is 786 g/mol. The smallest absolute Gasteiger partial charge is 0.351 e. The number of aromatic carboxylic acids is 1. The van der Waals surface area contributed by atoms with Gasteiger partial charge in [-0.3, -0.25) is 24.0 Å². The fourth-order valence-corrected chi connectivity index (χ4v) is 9.63. The molecular weight excluding hydrogens is 746 g/mol. The Hall–Kier alpha value is -5.10. The fraction of sp³-hybridized carbons (Fsp3) is 0.436. The van der Waals surface area contributed by atoms with Gasteiger partial charge in [0.2, 0.25) is 5.43 Å². The van der Waals surface area contributed by atoms with Gasteiger partial charge in [-0.1, -0.05) is 11.6 Å². The van der Waals surface area contributed by atoms with Crippen LogP contribution in [0.2, 0.25) is 0 Å². The van der Waals surface area contributed by atoms with Crippen LogP contribution >= 0.6 is 11.8 Å². The third-order valence-corrected chi connectivity index (χ3v) is 12.6. The van der Waals surface area contributed by atoms with Gasteiger partial charge in [0.05, 0.1) is 37.0 Å². The second kappa shape index (κ2) is 14.1. The molecule has 9 rings (SSSR count). The van der Waals surface area contributed by atoms with Gasteiger partial charge in [0, 0.05) is 55.4 Å². The largest absolute Gasteiger partial charge is 0.492 e. The number of methoxy groups -OCH3 is 1. The molecule has 2 aromatic heterocycles. The molecule has 2 aromatic carbocycles. The summed E-state index contributed by atoms with van der Waals surface area (Å²) in [5.74, 6) is -1.41. The quantitative estimate of drug-likeness (QED) is 0.253. The van der Waals surface area contributed by atoms with Crippen molar-refractivity contribution < 1.29 is 33.7 Å². The number of piperidine rings is 1. The molecule has 2 N–H and O–H groups in total. The molecule has 0 radical (unpaired) electrons. The number of thioether (sulfide) groups is 1. The first-order chi connectivity index (χ1) is 27.0. The van der Waals surface area contributed by atoms with Crippen LogP contribution in [0.15, 0.2) is 57.3 Å². The molecule has 56 heavy (non-hydrogen) atoms. The Labute approximate surface area is 324 Å². The number of halogens is 1. The van der Waals surface area contributed by atoms with Crippen molar-refractivity contribution >= 4 is 57.4 Å². The molecule has 292 valence electrons. The topological polar surface area (TPSA) is 172 Å². The number of pyridine rings is 1. The van der Waals surface area contributed by atoms with Crippen molar-refractivity contribution in [3.63, 3.8) is 0 Å². The summed E-state index contributed by atoms with van der Waals surface area (Å²) in [4.78, 5) is 67.2. The number of fused-ring (bicyclic) bond motifs is 3. The van der Waals surface area contributed by atoms with E-state index in [1.165, 1.54) is 29.6 Å². The summed E-state index contributed by atoms with van der Waals surface area (Å²) in [6.07, 6.45) is 5.72. The predicted octanol–water partition coefficient (Wildman–Crippen LogP) is 3.65. The number of aryl methyl sites for hydroxylation is 1. The minimum Gasteiger partial charge on any atom is -0.492 e. The summed E-state index contributed by atoms with van der Waals surface area (Å²) in [6, 6.07) is 8.40. The maximum Gasteiger partial charge on any atom is 0.351 e. The van der Waals surface area contributed by atoms with Crippen molar-refractivity contribution in [2.24, 2.45) is 10.9 Å². The Morgan fingerprint density at radius 1 is 1.12 bits per heavy atom. The van der Waals surface area contributed by atoms with E-state index in [0.29, 0.717) is 42.2 Å². The molecule has 4 aliphatic heterocycles. The number of hydrogen-bond acceptors (Lipinski definition) is 12. The molecule has 4 fully saturated rings. The fourth-order valence-electron chi connectivity index (χ4n) is 8.70. The average Bonchev–Trinajstić information content (AvgIpc) is 3.65. The van der Waals surface area contributed by atoms with E-state index < -0.39 is 40.1 Å². The van der Waals surface area contributed by atoms with Crippen molar-refractivity contribution in [1.82, 2.24) is 19.0 Å².